The fourth-order valence-corrected chi connectivity index (χ4v) is 3.20. The van der Waals surface area contributed by atoms with Gasteiger partial charge in [-0.05, 0) is 18.9 Å². The van der Waals surface area contributed by atoms with Gasteiger partial charge >= 0.3 is 11.9 Å². The van der Waals surface area contributed by atoms with Crippen molar-refractivity contribution in [3.63, 3.8) is 0 Å². The minimum atomic E-state index is -0.962. The van der Waals surface area contributed by atoms with Gasteiger partial charge < -0.3 is 19.9 Å². The van der Waals surface area contributed by atoms with Crippen LogP contribution >= 0.6 is 11.3 Å². The molecule has 0 spiro atoms. The minimum absolute atomic E-state index is 0.163. The lowest BCUT2D eigenvalue weighted by Gasteiger charge is -2.13. The fourth-order valence-electron chi connectivity index (χ4n) is 2.16. The van der Waals surface area contributed by atoms with Crippen molar-refractivity contribution in [2.24, 2.45) is 0 Å². The van der Waals surface area contributed by atoms with Crippen molar-refractivity contribution in [2.75, 3.05) is 25.6 Å². The van der Waals surface area contributed by atoms with E-state index >= 15 is 0 Å². The van der Waals surface area contributed by atoms with Crippen molar-refractivity contribution in [3.8, 4) is 0 Å². The summed E-state index contributed by atoms with van der Waals surface area (Å²) in [4.78, 5) is 32.7. The maximum Gasteiger partial charge on any atom is 0.348 e. The number of thiophene rings is 1. The van der Waals surface area contributed by atoms with Crippen molar-refractivity contribution in [1.29, 1.82) is 0 Å². The molecule has 0 amide bonds. The molecule has 0 radical (unpaired) electrons. The van der Waals surface area contributed by atoms with Crippen LogP contribution in [0, 0.1) is 6.92 Å². The first-order valence-electron chi connectivity index (χ1n) is 7.39. The second kappa shape index (κ2) is 8.02. The number of carbonyl (C=O) groups excluding carboxylic acids is 1. The van der Waals surface area contributed by atoms with E-state index in [9.17, 15) is 14.7 Å². The molecular weight excluding hydrogens is 334 g/mol. The summed E-state index contributed by atoms with van der Waals surface area (Å²) in [6.07, 6.45) is 1.74. The lowest BCUT2D eigenvalue weighted by Crippen LogP contribution is -2.28. The highest BCUT2D eigenvalue weighted by Gasteiger charge is 2.22. The molecule has 0 aliphatic carbocycles. The van der Waals surface area contributed by atoms with Crippen LogP contribution in [-0.4, -0.2) is 53.4 Å². The number of esters is 1. The maximum absolute atomic E-state index is 12.2. The average Bonchev–Trinajstić information content (AvgIpc) is 2.90. The molecule has 130 valence electrons. The lowest BCUT2D eigenvalue weighted by molar-refractivity contribution is -0.137. The van der Waals surface area contributed by atoms with Gasteiger partial charge in [0.05, 0.1) is 12.0 Å². The molecule has 9 heteroatoms. The first-order valence-corrected chi connectivity index (χ1v) is 8.20. The predicted octanol–water partition coefficient (Wildman–Crippen LogP) is 2.08. The number of aliphatic carboxylic acids is 1. The number of nitrogens with one attached hydrogen (secondary N) is 1. The SMILES string of the molecule is CCC(Nc1ncnc2sc(C(=O)OCCOC)c(C)c12)C(=O)O. The van der Waals surface area contributed by atoms with E-state index in [0.29, 0.717) is 39.5 Å². The van der Waals surface area contributed by atoms with Gasteiger partial charge in [0.1, 0.15) is 34.5 Å². The van der Waals surface area contributed by atoms with Gasteiger partial charge in [-0.1, -0.05) is 6.92 Å². The zero-order chi connectivity index (χ0) is 17.7. The number of carbonyl (C=O) groups is 2. The predicted molar refractivity (Wildman–Crippen MR) is 89.6 cm³/mol. The van der Waals surface area contributed by atoms with E-state index in [0.717, 1.165) is 0 Å². The number of methoxy groups -OCH3 is 1. The van der Waals surface area contributed by atoms with Crippen molar-refractivity contribution in [1.82, 2.24) is 9.97 Å². The number of hydrogen-bond donors (Lipinski definition) is 2. The zero-order valence-electron chi connectivity index (χ0n) is 13.7. The highest BCUT2D eigenvalue weighted by molar-refractivity contribution is 7.20. The Morgan fingerprint density at radius 2 is 2.12 bits per heavy atom. The number of nitrogens with zero attached hydrogens (tertiary/aromatic N) is 2. The third kappa shape index (κ3) is 3.80. The molecule has 0 fully saturated rings. The Morgan fingerprint density at radius 3 is 2.75 bits per heavy atom. The van der Waals surface area contributed by atoms with Crippen molar-refractivity contribution in [3.05, 3.63) is 16.8 Å². The van der Waals surface area contributed by atoms with Gasteiger partial charge in [-0.2, -0.15) is 0 Å². The Kier molecular flexibility index (Phi) is 6.04. The second-order valence-corrected chi connectivity index (χ2v) is 6.03. The van der Waals surface area contributed by atoms with Gasteiger partial charge in [-0.25, -0.2) is 19.6 Å². The molecule has 2 aromatic rings. The van der Waals surface area contributed by atoms with Crippen LogP contribution in [0.5, 0.6) is 0 Å². The average molecular weight is 353 g/mol. The molecule has 0 aromatic carbocycles. The first kappa shape index (κ1) is 18.1. The topological polar surface area (TPSA) is 111 Å². The van der Waals surface area contributed by atoms with E-state index < -0.39 is 18.0 Å². The molecule has 0 saturated carbocycles. The summed E-state index contributed by atoms with van der Waals surface area (Å²) >= 11 is 1.19. The molecule has 0 aliphatic rings. The van der Waals surface area contributed by atoms with Crippen molar-refractivity contribution < 1.29 is 24.2 Å². The van der Waals surface area contributed by atoms with Crippen LogP contribution in [0.25, 0.3) is 10.2 Å². The monoisotopic (exact) mass is 353 g/mol. The normalized spacial score (nSPS) is 12.1. The summed E-state index contributed by atoms with van der Waals surface area (Å²) in [5.74, 6) is -1.01. The Hall–Kier alpha value is -2.26. The summed E-state index contributed by atoms with van der Waals surface area (Å²) in [7, 11) is 1.53. The smallest absolute Gasteiger partial charge is 0.348 e. The van der Waals surface area contributed by atoms with Crippen LogP contribution < -0.4 is 5.32 Å². The Bertz CT molecular complexity index is 746. The Balaban J connectivity index is 2.35. The van der Waals surface area contributed by atoms with Crippen LogP contribution in [0.2, 0.25) is 0 Å². The van der Waals surface area contributed by atoms with Crippen LogP contribution in [0.1, 0.15) is 28.6 Å². The second-order valence-electron chi connectivity index (χ2n) is 5.03. The fraction of sp³-hybridized carbons (Fsp3) is 0.467. The number of aryl methyl sites for hydroxylation is 1. The molecule has 0 bridgehead atoms. The van der Waals surface area contributed by atoms with Gasteiger partial charge in [-0.3, -0.25) is 0 Å². The molecule has 2 rings (SSSR count). The molecule has 8 nitrogen and oxygen atoms in total. The van der Waals surface area contributed by atoms with Gasteiger partial charge in [0.25, 0.3) is 0 Å². The number of anilines is 1. The van der Waals surface area contributed by atoms with Crippen LogP contribution in [-0.2, 0) is 14.3 Å². The number of carboxylic acids is 1. The van der Waals surface area contributed by atoms with E-state index in [4.69, 9.17) is 9.47 Å². The van der Waals surface area contributed by atoms with Crippen LogP contribution in [0.4, 0.5) is 5.82 Å². The van der Waals surface area contributed by atoms with Gasteiger partial charge in [0.15, 0.2) is 0 Å². The van der Waals surface area contributed by atoms with Gasteiger partial charge in [-0.15, -0.1) is 11.3 Å². The van der Waals surface area contributed by atoms with Crippen LogP contribution in [0.3, 0.4) is 0 Å². The van der Waals surface area contributed by atoms with E-state index in [1.807, 2.05) is 0 Å². The molecule has 0 saturated heterocycles. The molecular formula is C15H19N3O5S. The largest absolute Gasteiger partial charge is 0.480 e. The number of carboxylic acid groups (broad SMARTS) is 1. The van der Waals surface area contributed by atoms with E-state index in [1.165, 1.54) is 24.8 Å². The summed E-state index contributed by atoms with van der Waals surface area (Å²) in [5.41, 5.74) is 0.667. The highest BCUT2D eigenvalue weighted by atomic mass is 32.1. The summed E-state index contributed by atoms with van der Waals surface area (Å²) in [5, 5.41) is 12.7. The highest BCUT2D eigenvalue weighted by Crippen LogP contribution is 2.34. The number of fused-ring (bicyclic) bond motifs is 1. The van der Waals surface area contributed by atoms with Gasteiger partial charge in [0, 0.05) is 7.11 Å². The summed E-state index contributed by atoms with van der Waals surface area (Å²) in [6, 6.07) is -0.764. The standard InChI is InChI=1S/C15H19N3O5S/c1-4-9(14(19)20)18-12-10-8(2)11(15(21)23-6-5-22-3)24-13(10)17-7-16-12/h7,9H,4-6H2,1-3H3,(H,19,20)(H,16,17,18). The Morgan fingerprint density at radius 1 is 1.38 bits per heavy atom. The third-order valence-electron chi connectivity index (χ3n) is 3.45. The summed E-state index contributed by atoms with van der Waals surface area (Å²) in [6.45, 7) is 4.01. The molecule has 2 N–H and O–H groups in total. The maximum atomic E-state index is 12.2. The molecule has 2 heterocycles. The Labute approximate surface area is 142 Å². The molecule has 2 aromatic heterocycles. The van der Waals surface area contributed by atoms with Crippen LogP contribution in [0.15, 0.2) is 6.33 Å². The molecule has 0 aliphatic heterocycles. The molecule has 1 atom stereocenters. The zero-order valence-corrected chi connectivity index (χ0v) is 14.5. The van der Waals surface area contributed by atoms with Crippen molar-refractivity contribution in [2.45, 2.75) is 26.3 Å². The van der Waals surface area contributed by atoms with Gasteiger partial charge in [0.2, 0.25) is 0 Å². The number of aromatic nitrogens is 2. The van der Waals surface area contributed by atoms with E-state index in [-0.39, 0.29) is 6.61 Å². The van der Waals surface area contributed by atoms with E-state index in [2.05, 4.69) is 15.3 Å². The summed E-state index contributed by atoms with van der Waals surface area (Å²) < 4.78 is 10.00. The quantitative estimate of drug-likeness (QED) is 0.548. The van der Waals surface area contributed by atoms with Crippen molar-refractivity contribution >= 4 is 39.3 Å². The lowest BCUT2D eigenvalue weighted by atomic mass is 10.1. The molecule has 24 heavy (non-hydrogen) atoms. The number of hydrogen-bond acceptors (Lipinski definition) is 8. The number of ether oxygens (including phenoxy) is 2. The minimum Gasteiger partial charge on any atom is -0.480 e. The van der Waals surface area contributed by atoms with E-state index in [1.54, 1.807) is 13.8 Å². The first-order chi connectivity index (χ1) is 11.5. The third-order valence-corrected chi connectivity index (χ3v) is 4.63. The number of rotatable bonds is 8. The molecule has 1 unspecified atom stereocenters.